The van der Waals surface area contributed by atoms with E-state index in [4.69, 9.17) is 27.9 Å². The third-order valence-electron chi connectivity index (χ3n) is 2.59. The Labute approximate surface area is 126 Å². The van der Waals surface area contributed by atoms with Gasteiger partial charge in [-0.05, 0) is 42.5 Å². The van der Waals surface area contributed by atoms with Crippen LogP contribution in [-0.2, 0) is 0 Å². The van der Waals surface area contributed by atoms with Crippen LogP contribution in [0.25, 0.3) is 0 Å². The number of hydrogen-bond acceptors (Lipinski definition) is 3. The van der Waals surface area contributed by atoms with Crippen LogP contribution in [0.1, 0.15) is 10.4 Å². The molecule has 2 rings (SSSR count). The average Bonchev–Trinajstić information content (AvgIpc) is 2.48. The van der Waals surface area contributed by atoms with Crippen LogP contribution in [0.2, 0.25) is 10.0 Å². The first-order valence-electron chi connectivity index (χ1n) is 5.75. The third-order valence-corrected chi connectivity index (χ3v) is 3.33. The molecule has 0 fully saturated rings. The van der Waals surface area contributed by atoms with E-state index in [1.54, 1.807) is 43.5 Å². The number of benzene rings is 2. The van der Waals surface area contributed by atoms with Crippen molar-refractivity contribution in [3.8, 4) is 5.75 Å². The van der Waals surface area contributed by atoms with Gasteiger partial charge in [0, 0.05) is 5.56 Å². The fraction of sp³-hybridized carbons (Fsp3) is 0.0714. The first-order valence-corrected chi connectivity index (χ1v) is 6.51. The number of nitrogens with one attached hydrogen (secondary N) is 2. The summed E-state index contributed by atoms with van der Waals surface area (Å²) in [6.45, 7) is 0. The van der Waals surface area contributed by atoms with E-state index in [-0.39, 0.29) is 5.91 Å². The normalized spacial score (nSPS) is 9.95. The van der Waals surface area contributed by atoms with E-state index >= 15 is 0 Å². The smallest absolute Gasteiger partial charge is 0.269 e. The summed E-state index contributed by atoms with van der Waals surface area (Å²) in [4.78, 5) is 11.9. The van der Waals surface area contributed by atoms with E-state index in [2.05, 4.69) is 10.9 Å². The van der Waals surface area contributed by atoms with Crippen LogP contribution < -0.4 is 15.6 Å². The van der Waals surface area contributed by atoms with Crippen molar-refractivity contribution in [3.63, 3.8) is 0 Å². The van der Waals surface area contributed by atoms with E-state index in [1.165, 1.54) is 6.07 Å². The third kappa shape index (κ3) is 3.56. The van der Waals surface area contributed by atoms with Crippen LogP contribution in [0.3, 0.4) is 0 Å². The van der Waals surface area contributed by atoms with Gasteiger partial charge in [-0.3, -0.25) is 15.6 Å². The minimum Gasteiger partial charge on any atom is -0.497 e. The Morgan fingerprint density at radius 1 is 1.05 bits per heavy atom. The Morgan fingerprint density at radius 3 is 2.35 bits per heavy atom. The molecule has 0 saturated carbocycles. The molecule has 0 aliphatic heterocycles. The molecule has 0 atom stereocenters. The molecule has 0 aromatic heterocycles. The molecule has 20 heavy (non-hydrogen) atoms. The first-order chi connectivity index (χ1) is 9.60. The second-order valence-electron chi connectivity index (χ2n) is 3.94. The number of rotatable bonds is 4. The highest BCUT2D eigenvalue weighted by molar-refractivity contribution is 6.42. The van der Waals surface area contributed by atoms with Gasteiger partial charge in [0.15, 0.2) is 0 Å². The van der Waals surface area contributed by atoms with Crippen molar-refractivity contribution in [1.29, 1.82) is 0 Å². The van der Waals surface area contributed by atoms with Crippen LogP contribution in [0.15, 0.2) is 42.5 Å². The predicted octanol–water partition coefficient (Wildman–Crippen LogP) is 3.76. The molecular formula is C14H12Cl2N2O2. The standard InChI is InChI=1S/C14H12Cl2N2O2/c1-20-11-5-3-10(4-6-11)17-18-14(19)9-2-7-12(15)13(16)8-9/h2-8,17H,1H3,(H,18,19). The molecule has 0 radical (unpaired) electrons. The lowest BCUT2D eigenvalue weighted by Crippen LogP contribution is -2.29. The predicted molar refractivity (Wildman–Crippen MR) is 80.5 cm³/mol. The molecule has 2 aromatic rings. The molecule has 4 nitrogen and oxygen atoms in total. The number of anilines is 1. The Balaban J connectivity index is 1.98. The Kier molecular flexibility index (Phi) is 4.71. The second kappa shape index (κ2) is 6.50. The molecule has 0 spiro atoms. The molecule has 2 aromatic carbocycles. The number of hydrazine groups is 1. The molecule has 0 heterocycles. The second-order valence-corrected chi connectivity index (χ2v) is 4.75. The van der Waals surface area contributed by atoms with Crippen molar-refractivity contribution in [2.75, 3.05) is 12.5 Å². The molecule has 0 bridgehead atoms. The van der Waals surface area contributed by atoms with Gasteiger partial charge in [-0.25, -0.2) is 0 Å². The molecular weight excluding hydrogens is 299 g/mol. The highest BCUT2D eigenvalue weighted by Crippen LogP contribution is 2.22. The lowest BCUT2D eigenvalue weighted by molar-refractivity contribution is 0.0962. The van der Waals surface area contributed by atoms with Crippen LogP contribution in [0.4, 0.5) is 5.69 Å². The Hall–Kier alpha value is -1.91. The molecule has 6 heteroatoms. The highest BCUT2D eigenvalue weighted by atomic mass is 35.5. The zero-order valence-electron chi connectivity index (χ0n) is 10.6. The van der Waals surface area contributed by atoms with E-state index in [9.17, 15) is 4.79 Å². The number of ether oxygens (including phenoxy) is 1. The van der Waals surface area contributed by atoms with Gasteiger partial charge >= 0.3 is 0 Å². The summed E-state index contributed by atoms with van der Waals surface area (Å²) in [7, 11) is 1.59. The summed E-state index contributed by atoms with van der Waals surface area (Å²) >= 11 is 11.7. The number of methoxy groups -OCH3 is 1. The van der Waals surface area contributed by atoms with E-state index in [0.717, 1.165) is 11.4 Å². The summed E-state index contributed by atoms with van der Waals surface area (Å²) in [6, 6.07) is 11.8. The van der Waals surface area contributed by atoms with Gasteiger partial charge in [0.05, 0.1) is 22.8 Å². The van der Waals surface area contributed by atoms with Crippen molar-refractivity contribution in [3.05, 3.63) is 58.1 Å². The lowest BCUT2D eigenvalue weighted by atomic mass is 10.2. The van der Waals surface area contributed by atoms with Crippen LogP contribution >= 0.6 is 23.2 Å². The summed E-state index contributed by atoms with van der Waals surface area (Å²) in [5.74, 6) is 0.436. The zero-order chi connectivity index (χ0) is 14.5. The first kappa shape index (κ1) is 14.5. The fourth-order valence-corrected chi connectivity index (χ4v) is 1.81. The highest BCUT2D eigenvalue weighted by Gasteiger charge is 2.07. The van der Waals surface area contributed by atoms with Gasteiger partial charge in [-0.15, -0.1) is 0 Å². The molecule has 0 unspecified atom stereocenters. The van der Waals surface area contributed by atoms with E-state index < -0.39 is 0 Å². The number of halogens is 2. The molecule has 2 N–H and O–H groups in total. The van der Waals surface area contributed by atoms with Crippen LogP contribution in [-0.4, -0.2) is 13.0 Å². The van der Waals surface area contributed by atoms with Gasteiger partial charge in [-0.1, -0.05) is 23.2 Å². The minimum atomic E-state index is -0.306. The summed E-state index contributed by atoms with van der Waals surface area (Å²) in [5.41, 5.74) is 6.52. The number of amides is 1. The monoisotopic (exact) mass is 310 g/mol. The van der Waals surface area contributed by atoms with Gasteiger partial charge < -0.3 is 4.74 Å². The molecule has 0 saturated heterocycles. The molecule has 0 aliphatic carbocycles. The van der Waals surface area contributed by atoms with Crippen LogP contribution in [0.5, 0.6) is 5.75 Å². The van der Waals surface area contributed by atoms with Crippen molar-refractivity contribution in [1.82, 2.24) is 5.43 Å². The zero-order valence-corrected chi connectivity index (χ0v) is 12.1. The summed E-state index contributed by atoms with van der Waals surface area (Å²) in [5, 5.41) is 0.745. The van der Waals surface area contributed by atoms with Crippen LogP contribution in [0, 0.1) is 0 Å². The van der Waals surface area contributed by atoms with E-state index in [1.807, 2.05) is 0 Å². The average molecular weight is 311 g/mol. The Bertz CT molecular complexity index is 615. The fourth-order valence-electron chi connectivity index (χ4n) is 1.51. The van der Waals surface area contributed by atoms with Gasteiger partial charge in [0.2, 0.25) is 0 Å². The van der Waals surface area contributed by atoms with Gasteiger partial charge in [-0.2, -0.15) is 0 Å². The number of hydrogen-bond donors (Lipinski definition) is 2. The van der Waals surface area contributed by atoms with Crippen molar-refractivity contribution in [2.45, 2.75) is 0 Å². The SMILES string of the molecule is COc1ccc(NNC(=O)c2ccc(Cl)c(Cl)c2)cc1. The number of carbonyl (C=O) groups is 1. The molecule has 0 aliphatic rings. The Morgan fingerprint density at radius 2 is 1.75 bits per heavy atom. The molecule has 104 valence electrons. The maximum absolute atomic E-state index is 11.9. The maximum Gasteiger partial charge on any atom is 0.269 e. The van der Waals surface area contributed by atoms with E-state index in [0.29, 0.717) is 15.6 Å². The quantitative estimate of drug-likeness (QED) is 0.845. The number of carbonyl (C=O) groups excluding carboxylic acids is 1. The summed E-state index contributed by atoms with van der Waals surface area (Å²) < 4.78 is 5.05. The topological polar surface area (TPSA) is 50.4 Å². The van der Waals surface area contributed by atoms with Crippen molar-refractivity contribution >= 4 is 34.8 Å². The minimum absolute atomic E-state index is 0.306. The molecule has 1 amide bonds. The van der Waals surface area contributed by atoms with Crippen molar-refractivity contribution < 1.29 is 9.53 Å². The maximum atomic E-state index is 11.9. The van der Waals surface area contributed by atoms with Crippen molar-refractivity contribution in [2.24, 2.45) is 0 Å². The summed E-state index contributed by atoms with van der Waals surface area (Å²) in [6.07, 6.45) is 0. The van der Waals surface area contributed by atoms with Gasteiger partial charge in [0.25, 0.3) is 5.91 Å². The lowest BCUT2D eigenvalue weighted by Gasteiger charge is -2.09. The largest absolute Gasteiger partial charge is 0.497 e. The van der Waals surface area contributed by atoms with Gasteiger partial charge in [0.1, 0.15) is 5.75 Å².